The van der Waals surface area contributed by atoms with E-state index in [1.54, 1.807) is 24.5 Å². The lowest BCUT2D eigenvalue weighted by Crippen LogP contribution is -2.37. The van der Waals surface area contributed by atoms with Gasteiger partial charge in [0.05, 0.1) is 25.5 Å². The van der Waals surface area contributed by atoms with Crippen LogP contribution in [-0.4, -0.2) is 66.2 Å². The Morgan fingerprint density at radius 2 is 1.85 bits per heavy atom. The van der Waals surface area contributed by atoms with Crippen LogP contribution >= 0.6 is 0 Å². The second kappa shape index (κ2) is 9.44. The number of fused-ring (bicyclic) bond motifs is 1. The molecule has 0 unspecified atom stereocenters. The summed E-state index contributed by atoms with van der Waals surface area (Å²) in [4.78, 5) is 41.9. The SMILES string of the molecule is NC(=O)CNC(=O)c1cccc(-c2nc(N3CCOCC3)nc3c2CCN3c2ccncc2)c1. The number of carbonyl (C=O) groups is 2. The first-order valence-corrected chi connectivity index (χ1v) is 11.2. The third-order valence-electron chi connectivity index (χ3n) is 5.90. The first-order valence-electron chi connectivity index (χ1n) is 11.2. The Hall–Kier alpha value is -4.05. The van der Waals surface area contributed by atoms with E-state index in [-0.39, 0.29) is 12.5 Å². The van der Waals surface area contributed by atoms with Gasteiger partial charge in [0, 0.05) is 54.4 Å². The number of nitrogens with two attached hydrogens (primary N) is 1. The lowest BCUT2D eigenvalue weighted by Gasteiger charge is -2.28. The summed E-state index contributed by atoms with van der Waals surface area (Å²) in [5, 5.41) is 2.54. The van der Waals surface area contributed by atoms with Crippen LogP contribution in [0.15, 0.2) is 48.8 Å². The minimum absolute atomic E-state index is 0.214. The Bertz CT molecular complexity index is 1210. The van der Waals surface area contributed by atoms with E-state index < -0.39 is 5.91 Å². The minimum atomic E-state index is -0.593. The fraction of sp³-hybridized carbons (Fsp3) is 0.292. The number of hydrogen-bond acceptors (Lipinski definition) is 8. The molecule has 1 saturated heterocycles. The number of primary amides is 1. The second-order valence-corrected chi connectivity index (χ2v) is 8.11. The molecule has 0 saturated carbocycles. The van der Waals surface area contributed by atoms with Gasteiger partial charge in [0.15, 0.2) is 0 Å². The maximum atomic E-state index is 12.5. The van der Waals surface area contributed by atoms with Gasteiger partial charge < -0.3 is 25.6 Å². The third kappa shape index (κ3) is 4.40. The predicted octanol–water partition coefficient (Wildman–Crippen LogP) is 1.28. The molecule has 5 rings (SSSR count). The van der Waals surface area contributed by atoms with Crippen molar-refractivity contribution in [3.05, 3.63) is 59.9 Å². The van der Waals surface area contributed by atoms with Gasteiger partial charge in [-0.25, -0.2) is 4.98 Å². The molecular weight excluding hydrogens is 434 g/mol. The van der Waals surface area contributed by atoms with Crippen molar-refractivity contribution >= 4 is 29.3 Å². The average molecular weight is 460 g/mol. The molecule has 3 N–H and O–H groups in total. The zero-order valence-electron chi connectivity index (χ0n) is 18.6. The fourth-order valence-corrected chi connectivity index (χ4v) is 4.24. The molecule has 2 amide bonds. The monoisotopic (exact) mass is 459 g/mol. The van der Waals surface area contributed by atoms with Crippen molar-refractivity contribution in [2.45, 2.75) is 6.42 Å². The summed E-state index contributed by atoms with van der Waals surface area (Å²) in [6, 6.07) is 11.2. The topological polar surface area (TPSA) is 127 Å². The molecule has 4 heterocycles. The maximum Gasteiger partial charge on any atom is 0.251 e. The normalized spacial score (nSPS) is 15.2. The summed E-state index contributed by atoms with van der Waals surface area (Å²) in [7, 11) is 0. The van der Waals surface area contributed by atoms with Gasteiger partial charge in [-0.05, 0) is 30.7 Å². The summed E-state index contributed by atoms with van der Waals surface area (Å²) in [6.07, 6.45) is 4.31. The van der Waals surface area contributed by atoms with Crippen LogP contribution in [0.5, 0.6) is 0 Å². The second-order valence-electron chi connectivity index (χ2n) is 8.11. The van der Waals surface area contributed by atoms with Crippen molar-refractivity contribution in [3.63, 3.8) is 0 Å². The third-order valence-corrected chi connectivity index (χ3v) is 5.90. The molecule has 10 heteroatoms. The molecule has 174 valence electrons. The van der Waals surface area contributed by atoms with Crippen LogP contribution in [0.25, 0.3) is 11.3 Å². The van der Waals surface area contributed by atoms with Crippen LogP contribution in [0.1, 0.15) is 15.9 Å². The number of anilines is 3. The van der Waals surface area contributed by atoms with Gasteiger partial charge in [0.1, 0.15) is 5.82 Å². The number of ether oxygens (including phenoxy) is 1. The predicted molar refractivity (Wildman–Crippen MR) is 127 cm³/mol. The van der Waals surface area contributed by atoms with Gasteiger partial charge in [-0.3, -0.25) is 14.6 Å². The van der Waals surface area contributed by atoms with Gasteiger partial charge in [-0.1, -0.05) is 12.1 Å². The Balaban J connectivity index is 1.57. The van der Waals surface area contributed by atoms with Gasteiger partial charge in [0.25, 0.3) is 5.91 Å². The van der Waals surface area contributed by atoms with Crippen molar-refractivity contribution in [2.24, 2.45) is 5.73 Å². The van der Waals surface area contributed by atoms with Gasteiger partial charge >= 0.3 is 0 Å². The van der Waals surface area contributed by atoms with E-state index in [1.807, 2.05) is 24.3 Å². The average Bonchev–Trinajstić information content (AvgIpc) is 3.32. The smallest absolute Gasteiger partial charge is 0.251 e. The first-order chi connectivity index (χ1) is 16.6. The summed E-state index contributed by atoms with van der Waals surface area (Å²) in [5.74, 6) is 0.547. The van der Waals surface area contributed by atoms with E-state index in [9.17, 15) is 9.59 Å². The van der Waals surface area contributed by atoms with Crippen molar-refractivity contribution in [1.82, 2.24) is 20.3 Å². The molecule has 0 radical (unpaired) electrons. The molecule has 1 aromatic carbocycles. The van der Waals surface area contributed by atoms with Crippen molar-refractivity contribution < 1.29 is 14.3 Å². The molecule has 2 aliphatic heterocycles. The molecule has 3 aromatic rings. The minimum Gasteiger partial charge on any atom is -0.378 e. The number of amides is 2. The van der Waals surface area contributed by atoms with Gasteiger partial charge in [0.2, 0.25) is 11.9 Å². The Kier molecular flexibility index (Phi) is 6.05. The van der Waals surface area contributed by atoms with Crippen LogP contribution in [0.4, 0.5) is 17.5 Å². The van der Waals surface area contributed by atoms with Gasteiger partial charge in [-0.15, -0.1) is 0 Å². The van der Waals surface area contributed by atoms with E-state index in [2.05, 4.69) is 20.1 Å². The number of rotatable bonds is 6. The van der Waals surface area contributed by atoms with Crippen molar-refractivity contribution in [2.75, 3.05) is 49.2 Å². The zero-order chi connectivity index (χ0) is 23.5. The number of aromatic nitrogens is 3. The molecule has 2 aromatic heterocycles. The van der Waals surface area contributed by atoms with E-state index in [0.717, 1.165) is 41.3 Å². The molecule has 0 bridgehead atoms. The molecule has 10 nitrogen and oxygen atoms in total. The Morgan fingerprint density at radius 1 is 1.06 bits per heavy atom. The van der Waals surface area contributed by atoms with E-state index in [0.29, 0.717) is 37.8 Å². The van der Waals surface area contributed by atoms with E-state index in [4.69, 9.17) is 20.4 Å². The summed E-state index contributed by atoms with van der Waals surface area (Å²) in [6.45, 7) is 3.23. The highest BCUT2D eigenvalue weighted by Crippen LogP contribution is 2.39. The molecule has 34 heavy (non-hydrogen) atoms. The molecule has 1 fully saturated rings. The fourth-order valence-electron chi connectivity index (χ4n) is 4.24. The first kappa shape index (κ1) is 21.8. The number of carbonyl (C=O) groups excluding carboxylic acids is 2. The van der Waals surface area contributed by atoms with Crippen LogP contribution in [0.2, 0.25) is 0 Å². The summed E-state index contributed by atoms with van der Waals surface area (Å²) < 4.78 is 5.51. The molecule has 2 aliphatic rings. The lowest BCUT2D eigenvalue weighted by atomic mass is 10.0. The quantitative estimate of drug-likeness (QED) is 0.565. The highest BCUT2D eigenvalue weighted by atomic mass is 16.5. The highest BCUT2D eigenvalue weighted by molar-refractivity contribution is 5.97. The zero-order valence-corrected chi connectivity index (χ0v) is 18.6. The van der Waals surface area contributed by atoms with E-state index in [1.165, 1.54) is 0 Å². The molecule has 0 atom stereocenters. The van der Waals surface area contributed by atoms with Gasteiger partial charge in [-0.2, -0.15) is 4.98 Å². The number of hydrogen-bond donors (Lipinski definition) is 2. The molecule has 0 aliphatic carbocycles. The highest BCUT2D eigenvalue weighted by Gasteiger charge is 2.29. The Labute approximate surface area is 196 Å². The van der Waals surface area contributed by atoms with E-state index >= 15 is 0 Å². The largest absolute Gasteiger partial charge is 0.378 e. The molecule has 0 spiro atoms. The van der Waals surface area contributed by atoms with Crippen LogP contribution < -0.4 is 20.9 Å². The molecular formula is C24H25N7O3. The number of pyridine rings is 1. The Morgan fingerprint density at radius 3 is 2.62 bits per heavy atom. The summed E-state index contributed by atoms with van der Waals surface area (Å²) >= 11 is 0. The van der Waals surface area contributed by atoms with Crippen LogP contribution in [0.3, 0.4) is 0 Å². The van der Waals surface area contributed by atoms with Crippen molar-refractivity contribution in [1.29, 1.82) is 0 Å². The maximum absolute atomic E-state index is 12.5. The standard InChI is InChI=1S/C24H25N7O3/c25-20(32)15-27-23(33)17-3-1-2-16(14-17)21-19-6-9-31(18-4-7-26-8-5-18)22(19)29-24(28-21)30-10-12-34-13-11-30/h1-5,7-8,14H,6,9-13,15H2,(H2,25,32)(H,27,33). The van der Waals surface area contributed by atoms with Crippen molar-refractivity contribution in [3.8, 4) is 11.3 Å². The summed E-state index contributed by atoms with van der Waals surface area (Å²) in [5.41, 5.74) is 9.26. The number of morpholine rings is 1. The lowest BCUT2D eigenvalue weighted by molar-refractivity contribution is -0.117. The number of nitrogens with one attached hydrogen (secondary N) is 1. The van der Waals surface area contributed by atoms with Crippen LogP contribution in [0, 0.1) is 0 Å². The van der Waals surface area contributed by atoms with Crippen LogP contribution in [-0.2, 0) is 16.0 Å². The number of benzene rings is 1. The number of nitrogens with zero attached hydrogens (tertiary/aromatic N) is 5.